The Morgan fingerprint density at radius 2 is 2.28 bits per heavy atom. The maximum Gasteiger partial charge on any atom is 0.275 e. The van der Waals surface area contributed by atoms with Gasteiger partial charge in [0.15, 0.2) is 5.69 Å². The van der Waals surface area contributed by atoms with Gasteiger partial charge in [-0.1, -0.05) is 18.5 Å². The Morgan fingerprint density at radius 1 is 1.40 bits per heavy atom. The monoisotopic (exact) mass is 359 g/mol. The zero-order valence-corrected chi connectivity index (χ0v) is 14.5. The Kier molecular flexibility index (Phi) is 4.23. The van der Waals surface area contributed by atoms with E-state index in [0.717, 1.165) is 28.8 Å². The molecule has 1 N–H and O–H groups in total. The van der Waals surface area contributed by atoms with Crippen molar-refractivity contribution in [3.05, 3.63) is 52.6 Å². The number of halogens is 1. The molecule has 3 heterocycles. The third-order valence-corrected chi connectivity index (χ3v) is 4.71. The number of furan rings is 1. The van der Waals surface area contributed by atoms with E-state index in [2.05, 4.69) is 10.2 Å². The van der Waals surface area contributed by atoms with Crippen LogP contribution in [0.5, 0.6) is 0 Å². The lowest BCUT2D eigenvalue weighted by atomic mass is 10.1. The van der Waals surface area contributed by atoms with Gasteiger partial charge in [0.05, 0.1) is 18.7 Å². The van der Waals surface area contributed by atoms with Gasteiger partial charge in [0.2, 0.25) is 0 Å². The normalized spacial score (nSPS) is 18.0. The Balaban J connectivity index is 1.69. The third-order valence-electron chi connectivity index (χ3n) is 4.48. The van der Waals surface area contributed by atoms with Crippen molar-refractivity contribution in [2.75, 3.05) is 19.8 Å². The molecule has 6 nitrogen and oxygen atoms in total. The van der Waals surface area contributed by atoms with E-state index in [4.69, 9.17) is 20.8 Å². The third kappa shape index (κ3) is 2.92. The van der Waals surface area contributed by atoms with Crippen LogP contribution in [0.3, 0.4) is 0 Å². The summed E-state index contributed by atoms with van der Waals surface area (Å²) in [5.41, 5.74) is 1.15. The van der Waals surface area contributed by atoms with E-state index in [0.29, 0.717) is 30.5 Å². The Bertz CT molecular complexity index is 917. The number of rotatable bonds is 3. The first kappa shape index (κ1) is 16.2. The fraction of sp³-hybridized carbons (Fsp3) is 0.333. The number of aromatic nitrogens is 2. The summed E-state index contributed by atoms with van der Waals surface area (Å²) in [6.45, 7) is 3.42. The smallest absolute Gasteiger partial charge is 0.275 e. The van der Waals surface area contributed by atoms with Crippen molar-refractivity contribution in [2.45, 2.75) is 19.4 Å². The summed E-state index contributed by atoms with van der Waals surface area (Å²) in [6, 6.07) is 8.94. The van der Waals surface area contributed by atoms with Crippen LogP contribution in [0.1, 0.15) is 35.0 Å². The topological polar surface area (TPSA) is 71.4 Å². The van der Waals surface area contributed by atoms with Crippen molar-refractivity contribution in [1.29, 1.82) is 0 Å². The average Bonchev–Trinajstić information content (AvgIpc) is 3.27. The fourth-order valence-electron chi connectivity index (χ4n) is 3.13. The highest BCUT2D eigenvalue weighted by atomic mass is 35.5. The molecular weight excluding hydrogens is 342 g/mol. The minimum absolute atomic E-state index is 0.156. The second-order valence-electron chi connectivity index (χ2n) is 6.01. The van der Waals surface area contributed by atoms with Crippen LogP contribution in [0.15, 0.2) is 34.7 Å². The van der Waals surface area contributed by atoms with Gasteiger partial charge in [-0.05, 0) is 30.3 Å². The van der Waals surface area contributed by atoms with Crippen LogP contribution in [0.4, 0.5) is 0 Å². The number of hydrogen-bond donors (Lipinski definition) is 1. The van der Waals surface area contributed by atoms with E-state index in [1.165, 1.54) is 0 Å². The number of hydrogen-bond acceptors (Lipinski definition) is 4. The van der Waals surface area contributed by atoms with E-state index in [1.807, 2.05) is 25.1 Å². The van der Waals surface area contributed by atoms with Crippen molar-refractivity contribution in [2.24, 2.45) is 0 Å². The highest BCUT2D eigenvalue weighted by Gasteiger charge is 2.33. The van der Waals surface area contributed by atoms with Crippen LogP contribution in [0.2, 0.25) is 5.02 Å². The molecule has 1 unspecified atom stereocenters. The quantitative estimate of drug-likeness (QED) is 0.775. The van der Waals surface area contributed by atoms with E-state index in [9.17, 15) is 4.79 Å². The Morgan fingerprint density at radius 3 is 3.08 bits per heavy atom. The number of ether oxygens (including phenoxy) is 1. The van der Waals surface area contributed by atoms with Gasteiger partial charge < -0.3 is 14.1 Å². The molecule has 1 amide bonds. The molecule has 1 aliphatic rings. The molecule has 0 radical (unpaired) electrons. The minimum atomic E-state index is -0.257. The predicted molar refractivity (Wildman–Crippen MR) is 93.8 cm³/mol. The number of benzene rings is 1. The molecule has 25 heavy (non-hydrogen) atoms. The van der Waals surface area contributed by atoms with Gasteiger partial charge in [-0.15, -0.1) is 0 Å². The highest BCUT2D eigenvalue weighted by Crippen LogP contribution is 2.29. The van der Waals surface area contributed by atoms with Crippen LogP contribution in [0, 0.1) is 0 Å². The first-order chi connectivity index (χ1) is 12.2. The number of aryl methyl sites for hydroxylation is 1. The lowest BCUT2D eigenvalue weighted by molar-refractivity contribution is -0.00921. The SMILES string of the molecule is CCc1ccc(C2COCCN2C(=O)c2n[nH]c3ccc(Cl)cc23)o1. The molecule has 4 rings (SSSR count). The van der Waals surface area contributed by atoms with Crippen molar-refractivity contribution < 1.29 is 13.9 Å². The molecule has 1 aliphatic heterocycles. The number of aromatic amines is 1. The number of morpholine rings is 1. The van der Waals surface area contributed by atoms with Gasteiger partial charge >= 0.3 is 0 Å². The predicted octanol–water partition coefficient (Wildman–Crippen LogP) is 3.59. The first-order valence-corrected chi connectivity index (χ1v) is 8.66. The molecule has 1 aromatic carbocycles. The standard InChI is InChI=1S/C18H18ClN3O3/c1-2-12-4-6-16(25-12)15-10-24-8-7-22(15)18(23)17-13-9-11(19)3-5-14(13)20-21-17/h3-6,9,15H,2,7-8,10H2,1H3,(H,20,21). The summed E-state index contributed by atoms with van der Waals surface area (Å²) in [6.07, 6.45) is 0.810. The van der Waals surface area contributed by atoms with Crippen LogP contribution in [0.25, 0.3) is 10.9 Å². The molecule has 1 fully saturated rings. The first-order valence-electron chi connectivity index (χ1n) is 8.28. The maximum atomic E-state index is 13.1. The van der Waals surface area contributed by atoms with Gasteiger partial charge in [0, 0.05) is 23.4 Å². The summed E-state index contributed by atoms with van der Waals surface area (Å²) in [4.78, 5) is 14.9. The van der Waals surface area contributed by atoms with Crippen molar-refractivity contribution in [3.8, 4) is 0 Å². The molecule has 7 heteroatoms. The zero-order chi connectivity index (χ0) is 17.4. The number of amides is 1. The lowest BCUT2D eigenvalue weighted by Gasteiger charge is -2.34. The Labute approximate surface area is 149 Å². The van der Waals surface area contributed by atoms with Crippen LogP contribution < -0.4 is 0 Å². The minimum Gasteiger partial charge on any atom is -0.464 e. The van der Waals surface area contributed by atoms with E-state index in [1.54, 1.807) is 17.0 Å². The van der Waals surface area contributed by atoms with Crippen LogP contribution >= 0.6 is 11.6 Å². The summed E-state index contributed by atoms with van der Waals surface area (Å²) in [5, 5.41) is 8.40. The van der Waals surface area contributed by atoms with Gasteiger partial charge in [-0.2, -0.15) is 5.10 Å². The van der Waals surface area contributed by atoms with Crippen molar-refractivity contribution >= 4 is 28.4 Å². The molecule has 0 saturated carbocycles. The molecule has 1 saturated heterocycles. The molecule has 0 spiro atoms. The molecule has 0 bridgehead atoms. The largest absolute Gasteiger partial charge is 0.464 e. The molecule has 2 aromatic heterocycles. The summed E-state index contributed by atoms with van der Waals surface area (Å²) in [7, 11) is 0. The van der Waals surface area contributed by atoms with Gasteiger partial charge in [0.25, 0.3) is 5.91 Å². The summed E-state index contributed by atoms with van der Waals surface area (Å²) >= 11 is 6.08. The highest BCUT2D eigenvalue weighted by molar-refractivity contribution is 6.31. The van der Waals surface area contributed by atoms with Gasteiger partial charge in [-0.25, -0.2) is 0 Å². The van der Waals surface area contributed by atoms with Crippen molar-refractivity contribution in [3.63, 3.8) is 0 Å². The lowest BCUT2D eigenvalue weighted by Crippen LogP contribution is -2.43. The number of nitrogens with one attached hydrogen (secondary N) is 1. The van der Waals surface area contributed by atoms with Crippen LogP contribution in [-0.2, 0) is 11.2 Å². The van der Waals surface area contributed by atoms with E-state index >= 15 is 0 Å². The fourth-order valence-corrected chi connectivity index (χ4v) is 3.30. The maximum absolute atomic E-state index is 13.1. The molecular formula is C18H18ClN3O3. The molecule has 0 aliphatic carbocycles. The number of carbonyl (C=O) groups is 1. The molecule has 1 atom stereocenters. The second-order valence-corrected chi connectivity index (χ2v) is 6.45. The number of fused-ring (bicyclic) bond motifs is 1. The molecule has 130 valence electrons. The molecule has 3 aromatic rings. The van der Waals surface area contributed by atoms with Gasteiger partial charge in [0.1, 0.15) is 17.6 Å². The van der Waals surface area contributed by atoms with Crippen LogP contribution in [-0.4, -0.2) is 40.8 Å². The number of carbonyl (C=O) groups excluding carboxylic acids is 1. The van der Waals surface area contributed by atoms with Gasteiger partial charge in [-0.3, -0.25) is 9.89 Å². The zero-order valence-electron chi connectivity index (χ0n) is 13.8. The summed E-state index contributed by atoms with van der Waals surface area (Å²) < 4.78 is 11.4. The number of nitrogens with zero attached hydrogens (tertiary/aromatic N) is 2. The second kappa shape index (κ2) is 6.54. The van der Waals surface area contributed by atoms with E-state index < -0.39 is 0 Å². The average molecular weight is 360 g/mol. The van der Waals surface area contributed by atoms with Crippen molar-refractivity contribution in [1.82, 2.24) is 15.1 Å². The Hall–Kier alpha value is -2.31. The number of H-pyrrole nitrogens is 1. The van der Waals surface area contributed by atoms with E-state index in [-0.39, 0.29) is 11.9 Å². The summed E-state index contributed by atoms with van der Waals surface area (Å²) in [5.74, 6) is 1.48.